The third kappa shape index (κ3) is 6.30. The van der Waals surface area contributed by atoms with Crippen LogP contribution in [0.3, 0.4) is 0 Å². The summed E-state index contributed by atoms with van der Waals surface area (Å²) in [5, 5.41) is 4.74. The lowest BCUT2D eigenvalue weighted by Crippen LogP contribution is -2.37. The maximum Gasteiger partial charge on any atom is 0.346 e. The van der Waals surface area contributed by atoms with E-state index in [0.717, 1.165) is 0 Å². The van der Waals surface area contributed by atoms with Gasteiger partial charge in [-0.2, -0.15) is 9.35 Å². The van der Waals surface area contributed by atoms with Crippen molar-refractivity contribution in [1.82, 2.24) is 14.5 Å². The number of fused-ring (bicyclic) bond motifs is 2. The van der Waals surface area contributed by atoms with Crippen LogP contribution in [0.15, 0.2) is 132 Å². The summed E-state index contributed by atoms with van der Waals surface area (Å²) in [4.78, 5) is 25.1. The van der Waals surface area contributed by atoms with Crippen LogP contribution < -0.4 is 21.5 Å². The van der Waals surface area contributed by atoms with Gasteiger partial charge in [0.1, 0.15) is 29.2 Å². The lowest BCUT2D eigenvalue weighted by molar-refractivity contribution is -0.0172. The Kier molecular flexibility index (Phi) is 9.27. The zero-order valence-electron chi connectivity index (χ0n) is 24.3. The molecule has 1 atom stereocenters. The second-order valence-corrected chi connectivity index (χ2v) is 14.4. The number of nitrogens with zero attached hydrogens (tertiary/aromatic N) is 3. The standard InChI is InChI=1S/C21H20P.C12H13N3O6S/c1-2-18-22(19-12-6-3-7-13-19,20-14-8-4-9-15-20)21-16-10-5-11-17-21;1-13-9(3-2-4-11(13)16)8-5-6-14-7-10(8)15(12(14)17)21-22(18,19)20/h2-18H,1H3;2-5,10H,6-7H2,1H3,(H,18,19,20)/q+1;/p-1/b18-2-;. The van der Waals surface area contributed by atoms with Crippen LogP contribution in [-0.4, -0.2) is 52.7 Å². The largest absolute Gasteiger partial charge is 0.724 e. The van der Waals surface area contributed by atoms with Crippen LogP contribution in [0.25, 0.3) is 5.57 Å². The van der Waals surface area contributed by atoms with Gasteiger partial charge in [0, 0.05) is 30.9 Å². The quantitative estimate of drug-likeness (QED) is 0.175. The zero-order chi connectivity index (χ0) is 31.3. The highest BCUT2D eigenvalue weighted by Crippen LogP contribution is 2.56. The lowest BCUT2D eigenvalue weighted by atomic mass is 10.00. The molecule has 9 nitrogen and oxygen atoms in total. The van der Waals surface area contributed by atoms with Gasteiger partial charge in [-0.1, -0.05) is 72.8 Å². The summed E-state index contributed by atoms with van der Waals surface area (Å²) >= 11 is 0. The lowest BCUT2D eigenvalue weighted by Gasteiger charge is -2.26. The molecular formula is C33H32N3O6PS. The predicted octanol–water partition coefficient (Wildman–Crippen LogP) is 3.79. The van der Waals surface area contributed by atoms with Crippen molar-refractivity contribution in [2.24, 2.45) is 7.05 Å². The summed E-state index contributed by atoms with van der Waals surface area (Å²) in [6.07, 6.45) is 3.91. The van der Waals surface area contributed by atoms with Crippen LogP contribution in [0, 0.1) is 0 Å². The number of carbonyl (C=O) groups excluding carboxylic acids is 1. The monoisotopic (exact) mass is 629 g/mol. The van der Waals surface area contributed by atoms with Gasteiger partial charge < -0.3 is 14.0 Å². The van der Waals surface area contributed by atoms with Crippen molar-refractivity contribution in [3.05, 3.63) is 143 Å². The molecule has 6 rings (SSSR count). The summed E-state index contributed by atoms with van der Waals surface area (Å²) in [5.41, 5.74) is 0.851. The van der Waals surface area contributed by atoms with Crippen molar-refractivity contribution in [3.63, 3.8) is 0 Å². The van der Waals surface area contributed by atoms with Crippen molar-refractivity contribution in [2.45, 2.75) is 13.0 Å². The molecular weight excluding hydrogens is 597 g/mol. The molecule has 2 aliphatic rings. The first kappa shape index (κ1) is 31.1. The van der Waals surface area contributed by atoms with Crippen LogP contribution in [-0.2, 0) is 21.7 Å². The molecule has 2 bridgehead atoms. The van der Waals surface area contributed by atoms with Crippen LogP contribution in [0.1, 0.15) is 12.6 Å². The minimum Gasteiger partial charge on any atom is -0.724 e. The molecule has 2 amide bonds. The van der Waals surface area contributed by atoms with Crippen LogP contribution in [0.2, 0.25) is 0 Å². The van der Waals surface area contributed by atoms with Gasteiger partial charge in [-0.25, -0.2) is 13.2 Å². The highest BCUT2D eigenvalue weighted by atomic mass is 32.3. The smallest absolute Gasteiger partial charge is 0.346 e. The van der Waals surface area contributed by atoms with Crippen molar-refractivity contribution < 1.29 is 22.0 Å². The number of pyridine rings is 1. The Morgan fingerprint density at radius 3 is 1.82 bits per heavy atom. The van der Waals surface area contributed by atoms with E-state index in [1.165, 1.54) is 31.4 Å². The third-order valence-corrected chi connectivity index (χ3v) is 12.0. The molecule has 0 aliphatic carbocycles. The van der Waals surface area contributed by atoms with Crippen molar-refractivity contribution in [2.75, 3.05) is 13.1 Å². The van der Waals surface area contributed by atoms with E-state index in [4.69, 9.17) is 0 Å². The summed E-state index contributed by atoms with van der Waals surface area (Å²) in [6, 6.07) is 35.8. The van der Waals surface area contributed by atoms with Gasteiger partial charge in [-0.3, -0.25) is 4.79 Å². The molecule has 44 heavy (non-hydrogen) atoms. The van der Waals surface area contributed by atoms with Crippen LogP contribution in [0.4, 0.5) is 4.79 Å². The second-order valence-electron chi connectivity index (χ2n) is 10.2. The topological polar surface area (TPSA) is 112 Å². The minimum atomic E-state index is -5.07. The number of aromatic nitrogens is 1. The second kappa shape index (κ2) is 13.1. The molecule has 226 valence electrons. The SMILES string of the molecule is C/C=C\[P+](c1ccccc1)(c1ccccc1)c1ccccc1.Cn1c(C2=CCN3CC2N(OS(=O)(=O)[O-])C3=O)cccc1=O. The molecule has 3 aromatic carbocycles. The summed E-state index contributed by atoms with van der Waals surface area (Å²) < 4.78 is 38.1. The fourth-order valence-electron chi connectivity index (χ4n) is 5.59. The third-order valence-electron chi connectivity index (χ3n) is 7.54. The van der Waals surface area contributed by atoms with E-state index < -0.39 is 29.7 Å². The molecule has 0 spiro atoms. The fourth-order valence-corrected chi connectivity index (χ4v) is 9.73. The molecule has 1 fully saturated rings. The molecule has 3 heterocycles. The van der Waals surface area contributed by atoms with E-state index in [-0.39, 0.29) is 18.6 Å². The van der Waals surface area contributed by atoms with Crippen molar-refractivity contribution >= 4 is 45.2 Å². The Labute approximate surface area is 257 Å². The Bertz CT molecular complexity index is 1750. The molecule has 0 saturated carbocycles. The van der Waals surface area contributed by atoms with Gasteiger partial charge in [0.25, 0.3) is 5.56 Å². The normalized spacial score (nSPS) is 16.5. The van der Waals surface area contributed by atoms with Gasteiger partial charge in [0.15, 0.2) is 0 Å². The Hall–Kier alpha value is -4.34. The van der Waals surface area contributed by atoms with Gasteiger partial charge >= 0.3 is 6.03 Å². The first-order chi connectivity index (χ1) is 21.2. The number of hydrogen-bond donors (Lipinski definition) is 0. The molecule has 1 saturated heterocycles. The first-order valence-electron chi connectivity index (χ1n) is 13.9. The molecule has 1 unspecified atom stereocenters. The summed E-state index contributed by atoms with van der Waals surface area (Å²) in [7, 11) is -5.24. The number of urea groups is 1. The van der Waals surface area contributed by atoms with Gasteiger partial charge in [0.05, 0.1) is 12.4 Å². The van der Waals surface area contributed by atoms with E-state index in [2.05, 4.69) is 114 Å². The average Bonchev–Trinajstić information content (AvgIpc) is 3.27. The van der Waals surface area contributed by atoms with Crippen molar-refractivity contribution in [1.29, 1.82) is 0 Å². The number of hydrogen-bond acceptors (Lipinski definition) is 6. The van der Waals surface area contributed by atoms with E-state index in [9.17, 15) is 22.6 Å². The van der Waals surface area contributed by atoms with Gasteiger partial charge in [0.2, 0.25) is 10.4 Å². The Morgan fingerprint density at radius 1 is 0.818 bits per heavy atom. The zero-order valence-corrected chi connectivity index (χ0v) is 26.0. The van der Waals surface area contributed by atoms with E-state index in [1.54, 1.807) is 25.3 Å². The number of carbonyl (C=O) groups is 1. The maximum atomic E-state index is 12.0. The van der Waals surface area contributed by atoms with Gasteiger partial charge in [-0.15, -0.1) is 0 Å². The number of benzene rings is 3. The fraction of sp³-hybridized carbons (Fsp3) is 0.152. The number of allylic oxidation sites excluding steroid dienone is 1. The van der Waals surface area contributed by atoms with Crippen LogP contribution in [0.5, 0.6) is 0 Å². The van der Waals surface area contributed by atoms with Crippen LogP contribution >= 0.6 is 7.26 Å². The minimum absolute atomic E-state index is 0.184. The molecule has 2 aliphatic heterocycles. The Balaban J connectivity index is 0.000000175. The van der Waals surface area contributed by atoms with E-state index in [1.807, 2.05) is 0 Å². The molecule has 0 radical (unpaired) electrons. The summed E-state index contributed by atoms with van der Waals surface area (Å²) in [6.45, 7) is 2.54. The Morgan fingerprint density at radius 2 is 1.34 bits per heavy atom. The summed E-state index contributed by atoms with van der Waals surface area (Å²) in [5.74, 6) is 2.41. The molecule has 1 aromatic heterocycles. The van der Waals surface area contributed by atoms with Crippen molar-refractivity contribution in [3.8, 4) is 0 Å². The predicted molar refractivity (Wildman–Crippen MR) is 173 cm³/mol. The number of rotatable bonds is 7. The molecule has 11 heteroatoms. The number of amides is 2. The highest BCUT2D eigenvalue weighted by Gasteiger charge is 2.45. The molecule has 0 N–H and O–H groups in total. The number of hydroxylamine groups is 2. The van der Waals surface area contributed by atoms with E-state index in [0.29, 0.717) is 16.3 Å². The van der Waals surface area contributed by atoms with E-state index >= 15 is 0 Å². The maximum absolute atomic E-state index is 12.0. The highest BCUT2D eigenvalue weighted by molar-refractivity contribution is 7.98. The van der Waals surface area contributed by atoms with Gasteiger partial charge in [-0.05, 0) is 49.4 Å². The first-order valence-corrected chi connectivity index (χ1v) is 17.1. The average molecular weight is 630 g/mol. The molecule has 4 aromatic rings.